The average molecular weight is 145 g/mol. The molecule has 0 rings (SSSR count). The first kappa shape index (κ1) is 8.21. The van der Waals surface area contributed by atoms with Crippen LogP contribution in [0, 0.1) is 12.3 Å². The third-order valence-corrected chi connectivity index (χ3v) is 1.33. The molecule has 0 aliphatic heterocycles. The van der Waals surface area contributed by atoms with Crippen molar-refractivity contribution in [2.24, 2.45) is 0 Å². The van der Waals surface area contributed by atoms with Gasteiger partial charge in [0.15, 0.2) is 0 Å². The zero-order valence-corrected chi connectivity index (χ0v) is 5.60. The van der Waals surface area contributed by atoms with Crippen LogP contribution in [-0.4, -0.2) is 19.6 Å². The van der Waals surface area contributed by atoms with Crippen LogP contribution in [0.5, 0.6) is 0 Å². The van der Waals surface area contributed by atoms with E-state index in [0.29, 0.717) is 0 Å². The van der Waals surface area contributed by atoms with Crippen LogP contribution in [0.15, 0.2) is 12.8 Å². The van der Waals surface area contributed by atoms with Crippen LogP contribution < -0.4 is 0 Å². The number of terminal acetylenes is 1. The van der Waals surface area contributed by atoms with Gasteiger partial charge < -0.3 is 0 Å². The third-order valence-electron chi connectivity index (χ3n) is 0.651. The molecule has 4 heteroatoms. The van der Waals surface area contributed by atoms with Gasteiger partial charge in [0.2, 0.25) is 0 Å². The van der Waals surface area contributed by atoms with Gasteiger partial charge in [-0.25, -0.2) is 4.21 Å². The molecule has 0 amide bonds. The molecular weight excluding hydrogens is 138 g/mol. The molecule has 0 heterocycles. The van der Waals surface area contributed by atoms with Crippen molar-refractivity contribution in [3.05, 3.63) is 12.8 Å². The second-order valence-corrected chi connectivity index (χ2v) is 2.12. The van der Waals surface area contributed by atoms with Crippen molar-refractivity contribution in [1.29, 1.82) is 0 Å². The Morgan fingerprint density at radius 2 is 2.56 bits per heavy atom. The predicted octanol–water partition coefficient (Wildman–Crippen LogP) is 0.202. The highest BCUT2D eigenvalue weighted by atomic mass is 32.2. The van der Waals surface area contributed by atoms with Crippen molar-refractivity contribution in [1.82, 2.24) is 4.31 Å². The maximum Gasteiger partial charge on any atom is 0.262 e. The molecule has 9 heavy (non-hydrogen) atoms. The Bertz CT molecular complexity index is 161. The van der Waals surface area contributed by atoms with E-state index in [0.717, 1.165) is 4.31 Å². The van der Waals surface area contributed by atoms with Crippen molar-refractivity contribution in [3.63, 3.8) is 0 Å². The molecule has 0 aromatic carbocycles. The fourth-order valence-electron chi connectivity index (χ4n) is 0.274. The molecule has 1 atom stereocenters. The summed E-state index contributed by atoms with van der Waals surface area (Å²) in [5, 5.41) is 0. The Kier molecular flexibility index (Phi) is 3.76. The van der Waals surface area contributed by atoms with E-state index in [2.05, 4.69) is 12.5 Å². The Morgan fingerprint density at radius 1 is 2.00 bits per heavy atom. The first-order valence-corrected chi connectivity index (χ1v) is 3.22. The zero-order valence-electron chi connectivity index (χ0n) is 4.78. The average Bonchev–Trinajstić information content (AvgIpc) is 1.82. The van der Waals surface area contributed by atoms with Crippen LogP contribution in [0.25, 0.3) is 0 Å². The van der Waals surface area contributed by atoms with Gasteiger partial charge in [-0.05, 0) is 0 Å². The summed E-state index contributed by atoms with van der Waals surface area (Å²) < 4.78 is 19.6. The van der Waals surface area contributed by atoms with Crippen molar-refractivity contribution in [2.75, 3.05) is 6.54 Å². The summed E-state index contributed by atoms with van der Waals surface area (Å²) in [6.07, 6.45) is 6.08. The van der Waals surface area contributed by atoms with Gasteiger partial charge in [-0.2, -0.15) is 0 Å². The summed E-state index contributed by atoms with van der Waals surface area (Å²) in [5.74, 6) is 2.20. The van der Waals surface area contributed by atoms with Crippen LogP contribution in [0.4, 0.5) is 0 Å². The monoisotopic (exact) mass is 145 g/mol. The minimum absolute atomic E-state index is 0.104. The largest absolute Gasteiger partial charge is 0.289 e. The number of rotatable bonds is 3. The maximum atomic E-state index is 10.2. The summed E-state index contributed by atoms with van der Waals surface area (Å²) in [6.45, 7) is 3.38. The number of hydrogen-bond acceptors (Lipinski definition) is 1. The van der Waals surface area contributed by atoms with E-state index in [1.807, 2.05) is 0 Å². The van der Waals surface area contributed by atoms with Crippen LogP contribution in [0.3, 0.4) is 0 Å². The Labute approximate surface area is 56.8 Å². The second kappa shape index (κ2) is 4.13. The molecule has 0 saturated carbocycles. The summed E-state index contributed by atoms with van der Waals surface area (Å²) in [7, 11) is 0. The first-order valence-electron chi connectivity index (χ1n) is 2.16. The van der Waals surface area contributed by atoms with Gasteiger partial charge >= 0.3 is 0 Å². The fraction of sp³-hybridized carbons (Fsp3) is 0.200. The fourth-order valence-corrected chi connectivity index (χ4v) is 0.586. The van der Waals surface area contributed by atoms with Crippen LogP contribution in [0.2, 0.25) is 0 Å². The van der Waals surface area contributed by atoms with Gasteiger partial charge in [0.1, 0.15) is 0 Å². The van der Waals surface area contributed by atoms with Crippen LogP contribution in [0.1, 0.15) is 0 Å². The van der Waals surface area contributed by atoms with Gasteiger partial charge in [0, 0.05) is 6.20 Å². The zero-order chi connectivity index (χ0) is 7.28. The molecule has 1 N–H and O–H groups in total. The lowest BCUT2D eigenvalue weighted by molar-refractivity contribution is 0.495. The van der Waals surface area contributed by atoms with Gasteiger partial charge in [-0.15, -0.1) is 6.42 Å². The van der Waals surface area contributed by atoms with E-state index >= 15 is 0 Å². The highest BCUT2D eigenvalue weighted by Gasteiger charge is 1.99. The van der Waals surface area contributed by atoms with Gasteiger partial charge in [0.05, 0.1) is 6.54 Å². The molecule has 0 radical (unpaired) electrons. The molecule has 0 spiro atoms. The molecular formula is C5H7NO2S. The molecule has 50 valence electrons. The maximum absolute atomic E-state index is 10.2. The Balaban J connectivity index is 3.86. The Hall–Kier alpha value is -0.790. The van der Waals surface area contributed by atoms with Crippen molar-refractivity contribution in [2.45, 2.75) is 0 Å². The topological polar surface area (TPSA) is 40.5 Å². The predicted molar refractivity (Wildman–Crippen MR) is 36.5 cm³/mol. The van der Waals surface area contributed by atoms with E-state index < -0.39 is 11.3 Å². The van der Waals surface area contributed by atoms with E-state index in [-0.39, 0.29) is 6.54 Å². The van der Waals surface area contributed by atoms with E-state index in [9.17, 15) is 4.21 Å². The van der Waals surface area contributed by atoms with Gasteiger partial charge in [-0.3, -0.25) is 8.86 Å². The molecule has 1 unspecified atom stereocenters. The normalized spacial score (nSPS) is 11.6. The summed E-state index contributed by atoms with van der Waals surface area (Å²) >= 11 is -2.03. The molecule has 3 nitrogen and oxygen atoms in total. The SMILES string of the molecule is C#CCN(C=C)S(=O)O. The molecule has 0 aromatic heterocycles. The smallest absolute Gasteiger partial charge is 0.262 e. The standard InChI is InChI=1S/C5H7NO2S/c1-3-5-6(4-2)9(7)8/h1,4H,2,5H2,(H,7,8). The Morgan fingerprint density at radius 3 is 2.67 bits per heavy atom. The quantitative estimate of drug-likeness (QED) is 0.455. The number of hydrogen-bond donors (Lipinski definition) is 1. The van der Waals surface area contributed by atoms with E-state index in [1.165, 1.54) is 6.20 Å². The van der Waals surface area contributed by atoms with Crippen molar-refractivity contribution in [3.8, 4) is 12.3 Å². The lowest BCUT2D eigenvalue weighted by atomic mass is 10.7. The second-order valence-electron chi connectivity index (χ2n) is 1.19. The summed E-state index contributed by atoms with van der Waals surface area (Å²) in [6, 6.07) is 0. The molecule has 0 saturated heterocycles. The highest BCUT2D eigenvalue weighted by molar-refractivity contribution is 7.76. The molecule has 0 bridgehead atoms. The van der Waals surface area contributed by atoms with Gasteiger partial charge in [0.25, 0.3) is 11.3 Å². The van der Waals surface area contributed by atoms with E-state index in [1.54, 1.807) is 0 Å². The van der Waals surface area contributed by atoms with Crippen LogP contribution >= 0.6 is 0 Å². The molecule has 0 aliphatic carbocycles. The molecule has 0 fully saturated rings. The summed E-state index contributed by atoms with van der Waals surface area (Å²) in [4.78, 5) is 0. The highest BCUT2D eigenvalue weighted by Crippen LogP contribution is 1.88. The minimum Gasteiger partial charge on any atom is -0.289 e. The lowest BCUT2D eigenvalue weighted by Crippen LogP contribution is -2.18. The van der Waals surface area contributed by atoms with Crippen LogP contribution in [-0.2, 0) is 11.3 Å². The van der Waals surface area contributed by atoms with Crippen molar-refractivity contribution < 1.29 is 8.76 Å². The van der Waals surface area contributed by atoms with Gasteiger partial charge in [-0.1, -0.05) is 12.5 Å². The summed E-state index contributed by atoms with van der Waals surface area (Å²) in [5.41, 5.74) is 0. The molecule has 0 aliphatic rings. The van der Waals surface area contributed by atoms with E-state index in [4.69, 9.17) is 11.0 Å². The third kappa shape index (κ3) is 2.90. The molecule has 0 aromatic rings. The number of nitrogens with zero attached hydrogens (tertiary/aromatic N) is 1. The van der Waals surface area contributed by atoms with Crippen molar-refractivity contribution >= 4 is 11.3 Å². The lowest BCUT2D eigenvalue weighted by Gasteiger charge is -2.08. The first-order chi connectivity index (χ1) is 4.22. The minimum atomic E-state index is -2.03.